The number of carbonyl (C=O) groups is 2. The highest BCUT2D eigenvalue weighted by atomic mass is 19.1. The maximum atomic E-state index is 13.0. The Hall–Kier alpha value is -1.91. The quantitative estimate of drug-likeness (QED) is 0.763. The summed E-state index contributed by atoms with van der Waals surface area (Å²) >= 11 is 0. The first-order valence-corrected chi connectivity index (χ1v) is 3.74. The molecule has 2 N–H and O–H groups in total. The van der Waals surface area contributed by atoms with E-state index in [1.165, 1.54) is 6.07 Å². The molecular formula is C9H7FO4. The highest BCUT2D eigenvalue weighted by Gasteiger charge is 2.10. The van der Waals surface area contributed by atoms with E-state index in [1.807, 2.05) is 0 Å². The van der Waals surface area contributed by atoms with Gasteiger partial charge in [0.1, 0.15) is 5.82 Å². The van der Waals surface area contributed by atoms with Crippen LogP contribution in [-0.4, -0.2) is 22.2 Å². The Balaban J connectivity index is 3.01. The standard InChI is InChI=1S/C9H7FO4/c10-7-3-6(9(13)14)2-1-5(7)4-8(11)12/h1-3H,4H2,(H,11,12)(H,13,14). The average molecular weight is 198 g/mol. The third kappa shape index (κ3) is 2.29. The van der Waals surface area contributed by atoms with Crippen LogP contribution in [0, 0.1) is 5.82 Å². The third-order valence-corrected chi connectivity index (χ3v) is 1.64. The third-order valence-electron chi connectivity index (χ3n) is 1.64. The molecule has 14 heavy (non-hydrogen) atoms. The molecule has 0 bridgehead atoms. The molecule has 0 saturated carbocycles. The molecule has 0 saturated heterocycles. The summed E-state index contributed by atoms with van der Waals surface area (Å²) in [4.78, 5) is 20.7. The highest BCUT2D eigenvalue weighted by Crippen LogP contribution is 2.11. The van der Waals surface area contributed by atoms with Gasteiger partial charge in [0.05, 0.1) is 12.0 Å². The molecule has 0 spiro atoms. The molecule has 0 unspecified atom stereocenters. The summed E-state index contributed by atoms with van der Waals surface area (Å²) in [6.45, 7) is 0. The van der Waals surface area contributed by atoms with Crippen LogP contribution in [0.15, 0.2) is 18.2 Å². The maximum absolute atomic E-state index is 13.0. The molecule has 74 valence electrons. The zero-order valence-corrected chi connectivity index (χ0v) is 7.03. The van der Waals surface area contributed by atoms with Crippen molar-refractivity contribution in [3.05, 3.63) is 35.1 Å². The fourth-order valence-electron chi connectivity index (χ4n) is 0.987. The van der Waals surface area contributed by atoms with Crippen molar-refractivity contribution in [2.24, 2.45) is 0 Å². The summed E-state index contributed by atoms with van der Waals surface area (Å²) in [5.41, 5.74) is -0.223. The lowest BCUT2D eigenvalue weighted by Crippen LogP contribution is -2.04. The zero-order chi connectivity index (χ0) is 10.7. The van der Waals surface area contributed by atoms with E-state index in [1.54, 1.807) is 0 Å². The molecular weight excluding hydrogens is 191 g/mol. The van der Waals surface area contributed by atoms with Gasteiger partial charge in [0.15, 0.2) is 0 Å². The fraction of sp³-hybridized carbons (Fsp3) is 0.111. The van der Waals surface area contributed by atoms with Gasteiger partial charge < -0.3 is 10.2 Å². The van der Waals surface area contributed by atoms with Crippen LogP contribution >= 0.6 is 0 Å². The van der Waals surface area contributed by atoms with Gasteiger partial charge >= 0.3 is 11.9 Å². The Bertz CT molecular complexity index is 386. The van der Waals surface area contributed by atoms with Crippen LogP contribution in [0.5, 0.6) is 0 Å². The van der Waals surface area contributed by atoms with Crippen LogP contribution in [0.1, 0.15) is 15.9 Å². The Morgan fingerprint density at radius 2 is 1.93 bits per heavy atom. The molecule has 5 heteroatoms. The van der Waals surface area contributed by atoms with Crippen LogP contribution in [0.4, 0.5) is 4.39 Å². The number of carboxylic acid groups (broad SMARTS) is 2. The number of aliphatic carboxylic acids is 1. The molecule has 0 atom stereocenters. The molecule has 0 amide bonds. The van der Waals surface area contributed by atoms with Gasteiger partial charge in [0.25, 0.3) is 0 Å². The van der Waals surface area contributed by atoms with E-state index >= 15 is 0 Å². The van der Waals surface area contributed by atoms with Crippen molar-refractivity contribution in [3.8, 4) is 0 Å². The first kappa shape index (κ1) is 10.2. The molecule has 1 rings (SSSR count). The van der Waals surface area contributed by atoms with Gasteiger partial charge in [-0.1, -0.05) is 6.07 Å². The molecule has 1 aromatic rings. The molecule has 0 aliphatic carbocycles. The SMILES string of the molecule is O=C(O)Cc1ccc(C(=O)O)cc1F. The topological polar surface area (TPSA) is 74.6 Å². The molecule has 0 aliphatic heterocycles. The lowest BCUT2D eigenvalue weighted by atomic mass is 10.1. The number of carboxylic acids is 2. The fourth-order valence-corrected chi connectivity index (χ4v) is 0.987. The Morgan fingerprint density at radius 1 is 1.29 bits per heavy atom. The lowest BCUT2D eigenvalue weighted by molar-refractivity contribution is -0.136. The molecule has 0 heterocycles. The molecule has 0 fully saturated rings. The van der Waals surface area contributed by atoms with Crippen molar-refractivity contribution in [2.75, 3.05) is 0 Å². The number of hydrogen-bond acceptors (Lipinski definition) is 2. The maximum Gasteiger partial charge on any atom is 0.335 e. The van der Waals surface area contributed by atoms with E-state index in [-0.39, 0.29) is 11.1 Å². The van der Waals surface area contributed by atoms with Crippen molar-refractivity contribution in [3.63, 3.8) is 0 Å². The number of benzene rings is 1. The second kappa shape index (κ2) is 3.87. The summed E-state index contributed by atoms with van der Waals surface area (Å²) in [6.07, 6.45) is -0.453. The van der Waals surface area contributed by atoms with Crippen LogP contribution < -0.4 is 0 Å². The van der Waals surface area contributed by atoms with Crippen LogP contribution in [0.3, 0.4) is 0 Å². The number of aromatic carboxylic acids is 1. The predicted octanol–water partition coefficient (Wildman–Crippen LogP) is 1.15. The number of rotatable bonds is 3. The summed E-state index contributed by atoms with van der Waals surface area (Å²) in [7, 11) is 0. The predicted molar refractivity (Wildman–Crippen MR) is 44.7 cm³/mol. The van der Waals surface area contributed by atoms with Gasteiger partial charge in [0, 0.05) is 0 Å². The van der Waals surface area contributed by atoms with Gasteiger partial charge in [-0.15, -0.1) is 0 Å². The highest BCUT2D eigenvalue weighted by molar-refractivity contribution is 5.87. The zero-order valence-electron chi connectivity index (χ0n) is 7.03. The largest absolute Gasteiger partial charge is 0.481 e. The van der Waals surface area contributed by atoms with Crippen LogP contribution in [0.25, 0.3) is 0 Å². The Labute approximate surface area is 78.6 Å². The van der Waals surface area contributed by atoms with Crippen LogP contribution in [-0.2, 0) is 11.2 Å². The number of halogens is 1. The summed E-state index contributed by atoms with van der Waals surface area (Å²) in [6, 6.07) is 3.14. The van der Waals surface area contributed by atoms with E-state index in [9.17, 15) is 14.0 Å². The molecule has 0 aromatic heterocycles. The van der Waals surface area contributed by atoms with Crippen molar-refractivity contribution in [2.45, 2.75) is 6.42 Å². The second-order valence-corrected chi connectivity index (χ2v) is 2.68. The van der Waals surface area contributed by atoms with Crippen molar-refractivity contribution >= 4 is 11.9 Å². The van der Waals surface area contributed by atoms with Gasteiger partial charge in [-0.05, 0) is 17.7 Å². The van der Waals surface area contributed by atoms with Crippen molar-refractivity contribution in [1.82, 2.24) is 0 Å². The number of hydrogen-bond donors (Lipinski definition) is 2. The van der Waals surface area contributed by atoms with Gasteiger partial charge in [0.2, 0.25) is 0 Å². The van der Waals surface area contributed by atoms with E-state index in [0.717, 1.165) is 12.1 Å². The van der Waals surface area contributed by atoms with Gasteiger partial charge in [-0.2, -0.15) is 0 Å². The average Bonchev–Trinajstić information content (AvgIpc) is 2.07. The van der Waals surface area contributed by atoms with E-state index in [4.69, 9.17) is 10.2 Å². The summed E-state index contributed by atoms with van der Waals surface area (Å²) in [5, 5.41) is 16.9. The molecule has 4 nitrogen and oxygen atoms in total. The van der Waals surface area contributed by atoms with E-state index in [0.29, 0.717) is 0 Å². The Kier molecular flexibility index (Phi) is 2.81. The smallest absolute Gasteiger partial charge is 0.335 e. The normalized spacial score (nSPS) is 9.79. The summed E-state index contributed by atoms with van der Waals surface area (Å²) < 4.78 is 13.0. The lowest BCUT2D eigenvalue weighted by Gasteiger charge is -2.00. The Morgan fingerprint density at radius 3 is 2.36 bits per heavy atom. The minimum absolute atomic E-state index is 0.0255. The van der Waals surface area contributed by atoms with E-state index < -0.39 is 24.2 Å². The summed E-state index contributed by atoms with van der Waals surface area (Å²) in [5.74, 6) is -3.22. The van der Waals surface area contributed by atoms with Gasteiger partial charge in [-0.25, -0.2) is 9.18 Å². The first-order chi connectivity index (χ1) is 6.50. The van der Waals surface area contributed by atoms with E-state index in [2.05, 4.69) is 0 Å². The minimum atomic E-state index is -1.24. The molecule has 0 aliphatic rings. The monoisotopic (exact) mass is 198 g/mol. The van der Waals surface area contributed by atoms with Crippen LogP contribution in [0.2, 0.25) is 0 Å². The van der Waals surface area contributed by atoms with Crippen molar-refractivity contribution in [1.29, 1.82) is 0 Å². The first-order valence-electron chi connectivity index (χ1n) is 3.74. The van der Waals surface area contributed by atoms with Gasteiger partial charge in [-0.3, -0.25) is 4.79 Å². The minimum Gasteiger partial charge on any atom is -0.481 e. The molecule has 0 radical (unpaired) electrons. The second-order valence-electron chi connectivity index (χ2n) is 2.68. The molecule has 1 aromatic carbocycles. The van der Waals surface area contributed by atoms with Crippen molar-refractivity contribution < 1.29 is 24.2 Å².